The summed E-state index contributed by atoms with van der Waals surface area (Å²) in [6.07, 6.45) is -1.58. The summed E-state index contributed by atoms with van der Waals surface area (Å²) in [5, 5.41) is 9.93. The molecule has 2 atom stereocenters. The van der Waals surface area contributed by atoms with Crippen molar-refractivity contribution in [3.63, 3.8) is 0 Å². The number of halogens is 3. The molecule has 1 aromatic carbocycles. The molecule has 3 rings (SSSR count). The van der Waals surface area contributed by atoms with E-state index >= 15 is 0 Å². The number of nitrogens with one attached hydrogen (secondary N) is 1. The first-order valence-electron chi connectivity index (χ1n) is 7.97. The predicted octanol–water partition coefficient (Wildman–Crippen LogP) is 2.70. The topological polar surface area (TPSA) is 69.2 Å². The van der Waals surface area contributed by atoms with Crippen molar-refractivity contribution in [2.24, 2.45) is 0 Å². The number of carbonyl (C=O) groups excluding carboxylic acids is 1. The molecule has 0 unspecified atom stereocenters. The van der Waals surface area contributed by atoms with Crippen LogP contribution in [-0.4, -0.2) is 38.5 Å². The fraction of sp³-hybridized carbons (Fsp3) is 0.412. The molecule has 1 amide bonds. The second-order valence-corrected chi connectivity index (χ2v) is 6.11. The molecule has 2 N–H and O–H groups in total. The summed E-state index contributed by atoms with van der Waals surface area (Å²) >= 11 is 0. The Bertz CT molecular complexity index is 731. The van der Waals surface area contributed by atoms with Crippen molar-refractivity contribution in [1.29, 1.82) is 0 Å². The maximum Gasteiger partial charge on any atom is 0.416 e. The van der Waals surface area contributed by atoms with E-state index < -0.39 is 23.9 Å². The number of alkyl halides is 3. The van der Waals surface area contributed by atoms with Gasteiger partial charge in [0.1, 0.15) is 0 Å². The van der Waals surface area contributed by atoms with Gasteiger partial charge in [0.2, 0.25) is 5.91 Å². The van der Waals surface area contributed by atoms with Crippen LogP contribution in [0.3, 0.4) is 0 Å². The Morgan fingerprint density at radius 3 is 2.80 bits per heavy atom. The highest BCUT2D eigenvalue weighted by Crippen LogP contribution is 2.40. The van der Waals surface area contributed by atoms with E-state index in [1.54, 1.807) is 6.20 Å². The van der Waals surface area contributed by atoms with Crippen molar-refractivity contribution in [2.45, 2.75) is 37.6 Å². The number of H-pyrrole nitrogens is 1. The summed E-state index contributed by atoms with van der Waals surface area (Å²) in [6, 6.07) is 4.45. The number of aryl methyl sites for hydroxylation is 1. The molecule has 0 bridgehead atoms. The first-order valence-corrected chi connectivity index (χ1v) is 7.97. The number of imidazole rings is 1. The number of nitrogens with zero attached hydrogens (tertiary/aromatic N) is 2. The second-order valence-electron chi connectivity index (χ2n) is 6.11. The number of aliphatic hydroxyl groups is 1. The number of aliphatic hydroxyl groups excluding tert-OH is 1. The smallest absolute Gasteiger partial charge is 0.391 e. The van der Waals surface area contributed by atoms with Gasteiger partial charge in [-0.2, -0.15) is 13.2 Å². The van der Waals surface area contributed by atoms with Crippen molar-refractivity contribution >= 4 is 5.91 Å². The molecular weight excluding hydrogens is 335 g/mol. The minimum absolute atomic E-state index is 0.0291. The Labute approximate surface area is 142 Å². The lowest BCUT2D eigenvalue weighted by Crippen LogP contribution is -2.32. The fourth-order valence-corrected chi connectivity index (χ4v) is 3.24. The zero-order chi connectivity index (χ0) is 18.0. The molecule has 1 saturated heterocycles. The average Bonchev–Trinajstić information content (AvgIpc) is 3.21. The van der Waals surface area contributed by atoms with Gasteiger partial charge in [0.05, 0.1) is 24.0 Å². The zero-order valence-electron chi connectivity index (χ0n) is 13.3. The molecule has 25 heavy (non-hydrogen) atoms. The monoisotopic (exact) mass is 353 g/mol. The number of rotatable bonds is 4. The first kappa shape index (κ1) is 17.5. The van der Waals surface area contributed by atoms with Gasteiger partial charge in [-0.15, -0.1) is 0 Å². The third-order valence-electron chi connectivity index (χ3n) is 4.39. The zero-order valence-corrected chi connectivity index (χ0v) is 13.3. The quantitative estimate of drug-likeness (QED) is 0.888. The molecule has 0 saturated carbocycles. The highest BCUT2D eigenvalue weighted by molar-refractivity contribution is 5.77. The third-order valence-corrected chi connectivity index (χ3v) is 4.39. The van der Waals surface area contributed by atoms with Gasteiger partial charge in [-0.25, -0.2) is 4.98 Å². The molecular formula is C17H18F3N3O2. The van der Waals surface area contributed by atoms with Crippen LogP contribution >= 0.6 is 0 Å². The van der Waals surface area contributed by atoms with Crippen LogP contribution in [-0.2, 0) is 17.4 Å². The molecule has 1 aromatic heterocycles. The van der Waals surface area contributed by atoms with Crippen LogP contribution in [0, 0.1) is 0 Å². The predicted molar refractivity (Wildman–Crippen MR) is 83.4 cm³/mol. The number of likely N-dealkylation sites (tertiary alicyclic amines) is 1. The minimum atomic E-state index is -4.51. The Hall–Kier alpha value is -2.35. The summed E-state index contributed by atoms with van der Waals surface area (Å²) in [4.78, 5) is 20.6. The standard InChI is InChI=1S/C17H18F3N3O2/c18-17(19,20)14-4-2-1-3-13(14)15-7-12(24)9-23(15)16(25)6-5-11-8-21-10-22-11/h1-4,8,10,12,15,24H,5-7,9H2,(H,21,22)/t12-,15+/m0/s1. The number of benzene rings is 1. The number of aromatic amines is 1. The molecule has 1 fully saturated rings. The number of β-amino-alcohol motifs (C(OH)–C–C–N with tert-alkyl or cyclic N) is 1. The van der Waals surface area contributed by atoms with Crippen molar-refractivity contribution in [3.05, 3.63) is 53.6 Å². The van der Waals surface area contributed by atoms with Gasteiger partial charge in [-0.1, -0.05) is 18.2 Å². The highest BCUT2D eigenvalue weighted by Gasteiger charge is 2.41. The molecule has 0 spiro atoms. The summed E-state index contributed by atoms with van der Waals surface area (Å²) in [5.41, 5.74) is 0.0437. The van der Waals surface area contributed by atoms with Crippen LogP contribution in [0.1, 0.15) is 35.7 Å². The molecule has 1 aliphatic rings. The Morgan fingerprint density at radius 1 is 1.36 bits per heavy atom. The van der Waals surface area contributed by atoms with E-state index in [1.807, 2.05) is 0 Å². The fourth-order valence-electron chi connectivity index (χ4n) is 3.24. The minimum Gasteiger partial charge on any atom is -0.391 e. The van der Waals surface area contributed by atoms with Crippen molar-refractivity contribution in [1.82, 2.24) is 14.9 Å². The van der Waals surface area contributed by atoms with Crippen LogP contribution in [0.4, 0.5) is 13.2 Å². The Balaban J connectivity index is 1.81. The van der Waals surface area contributed by atoms with Gasteiger partial charge in [0, 0.05) is 24.9 Å². The molecule has 2 aromatic rings. The van der Waals surface area contributed by atoms with Crippen LogP contribution < -0.4 is 0 Å². The van der Waals surface area contributed by atoms with Gasteiger partial charge >= 0.3 is 6.18 Å². The molecule has 2 heterocycles. The number of hydrogen-bond donors (Lipinski definition) is 2. The molecule has 134 valence electrons. The summed E-state index contributed by atoms with van der Waals surface area (Å²) in [6.45, 7) is 0.0403. The Morgan fingerprint density at radius 2 is 2.12 bits per heavy atom. The largest absolute Gasteiger partial charge is 0.416 e. The third kappa shape index (κ3) is 3.84. The van der Waals surface area contributed by atoms with E-state index in [0.29, 0.717) is 6.42 Å². The lowest BCUT2D eigenvalue weighted by molar-refractivity contribution is -0.140. The molecule has 8 heteroatoms. The maximum atomic E-state index is 13.3. The molecule has 0 aliphatic carbocycles. The molecule has 1 aliphatic heterocycles. The van der Waals surface area contributed by atoms with Gasteiger partial charge in [-0.3, -0.25) is 4.79 Å². The van der Waals surface area contributed by atoms with Crippen molar-refractivity contribution < 1.29 is 23.1 Å². The summed E-state index contributed by atoms with van der Waals surface area (Å²) in [7, 11) is 0. The number of carbonyl (C=O) groups is 1. The van der Waals surface area contributed by atoms with Crippen molar-refractivity contribution in [2.75, 3.05) is 6.54 Å². The number of amides is 1. The normalized spacial score (nSPS) is 20.9. The van der Waals surface area contributed by atoms with Gasteiger partial charge in [0.15, 0.2) is 0 Å². The Kier molecular flexibility index (Phi) is 4.80. The van der Waals surface area contributed by atoms with E-state index in [0.717, 1.165) is 11.8 Å². The van der Waals surface area contributed by atoms with E-state index in [1.165, 1.54) is 29.4 Å². The lowest BCUT2D eigenvalue weighted by Gasteiger charge is -2.27. The van der Waals surface area contributed by atoms with Crippen molar-refractivity contribution in [3.8, 4) is 0 Å². The van der Waals surface area contributed by atoms with Gasteiger partial charge in [-0.05, 0) is 24.5 Å². The lowest BCUT2D eigenvalue weighted by atomic mass is 9.97. The van der Waals surface area contributed by atoms with E-state index in [-0.39, 0.29) is 30.9 Å². The van der Waals surface area contributed by atoms with E-state index in [9.17, 15) is 23.1 Å². The van der Waals surface area contributed by atoms with E-state index in [2.05, 4.69) is 9.97 Å². The molecule has 0 radical (unpaired) electrons. The first-order chi connectivity index (χ1) is 11.9. The second kappa shape index (κ2) is 6.87. The maximum absolute atomic E-state index is 13.3. The van der Waals surface area contributed by atoms with Crippen LogP contribution in [0.15, 0.2) is 36.8 Å². The highest BCUT2D eigenvalue weighted by atomic mass is 19.4. The van der Waals surface area contributed by atoms with Crippen LogP contribution in [0.25, 0.3) is 0 Å². The van der Waals surface area contributed by atoms with Crippen LogP contribution in [0.2, 0.25) is 0 Å². The number of aromatic nitrogens is 2. The SMILES string of the molecule is O=C(CCc1cnc[nH]1)N1C[C@@H](O)C[C@@H]1c1ccccc1C(F)(F)F. The van der Waals surface area contributed by atoms with Gasteiger partial charge in [0.25, 0.3) is 0 Å². The van der Waals surface area contributed by atoms with E-state index in [4.69, 9.17) is 0 Å². The summed E-state index contributed by atoms with van der Waals surface area (Å²) in [5.74, 6) is -0.284. The van der Waals surface area contributed by atoms with Gasteiger partial charge < -0.3 is 15.0 Å². The number of hydrogen-bond acceptors (Lipinski definition) is 3. The summed E-state index contributed by atoms with van der Waals surface area (Å²) < 4.78 is 39.9. The average molecular weight is 353 g/mol. The molecule has 5 nitrogen and oxygen atoms in total. The van der Waals surface area contributed by atoms with Crippen LogP contribution in [0.5, 0.6) is 0 Å².